The van der Waals surface area contributed by atoms with Crippen molar-refractivity contribution in [1.29, 1.82) is 0 Å². The number of phenolic OH excluding ortho intramolecular Hbond substituents is 1. The van der Waals surface area contributed by atoms with E-state index < -0.39 is 0 Å². The Bertz CT molecular complexity index is 500. The summed E-state index contributed by atoms with van der Waals surface area (Å²) in [5.74, 6) is -0.393. The standard InChI is InChI=1S/C14H20N2O4/c1-9(2)15-13(18)8-16(3)14(19)10-5-6-12(20-4)11(17)7-10/h5-7,9,17H,8H2,1-4H3,(H,15,18). The minimum Gasteiger partial charge on any atom is -0.504 e. The van der Waals surface area contributed by atoms with Crippen molar-refractivity contribution in [3.8, 4) is 11.5 Å². The summed E-state index contributed by atoms with van der Waals surface area (Å²) in [7, 11) is 2.96. The second-order valence-corrected chi connectivity index (χ2v) is 4.77. The van der Waals surface area contributed by atoms with Crippen LogP contribution in [0.1, 0.15) is 24.2 Å². The molecule has 0 saturated heterocycles. The van der Waals surface area contributed by atoms with Crippen LogP contribution in [0, 0.1) is 0 Å². The number of nitrogens with one attached hydrogen (secondary N) is 1. The number of ether oxygens (including phenoxy) is 1. The number of aromatic hydroxyl groups is 1. The molecule has 1 aromatic rings. The van der Waals surface area contributed by atoms with Crippen molar-refractivity contribution in [1.82, 2.24) is 10.2 Å². The van der Waals surface area contributed by atoms with E-state index in [0.717, 1.165) is 0 Å². The van der Waals surface area contributed by atoms with Gasteiger partial charge in [0.05, 0.1) is 13.7 Å². The summed E-state index contributed by atoms with van der Waals surface area (Å²) < 4.78 is 4.91. The number of hydrogen-bond acceptors (Lipinski definition) is 4. The molecular formula is C14H20N2O4. The molecule has 110 valence electrons. The summed E-state index contributed by atoms with van der Waals surface area (Å²) in [5, 5.41) is 12.4. The van der Waals surface area contributed by atoms with Gasteiger partial charge in [-0.15, -0.1) is 0 Å². The van der Waals surface area contributed by atoms with Crippen LogP contribution in [-0.2, 0) is 4.79 Å². The number of phenols is 1. The third kappa shape index (κ3) is 4.15. The van der Waals surface area contributed by atoms with Crippen molar-refractivity contribution < 1.29 is 19.4 Å². The van der Waals surface area contributed by atoms with Crippen LogP contribution in [0.3, 0.4) is 0 Å². The fourth-order valence-corrected chi connectivity index (χ4v) is 1.70. The van der Waals surface area contributed by atoms with E-state index in [0.29, 0.717) is 11.3 Å². The molecule has 1 rings (SSSR count). The van der Waals surface area contributed by atoms with Crippen LogP contribution >= 0.6 is 0 Å². The number of likely N-dealkylation sites (N-methyl/N-ethyl adjacent to an activating group) is 1. The first-order valence-electron chi connectivity index (χ1n) is 6.27. The lowest BCUT2D eigenvalue weighted by Crippen LogP contribution is -2.40. The van der Waals surface area contributed by atoms with Crippen LogP contribution in [0.4, 0.5) is 0 Å². The van der Waals surface area contributed by atoms with Crippen LogP contribution in [0.2, 0.25) is 0 Å². The van der Waals surface area contributed by atoms with Crippen LogP contribution in [0.25, 0.3) is 0 Å². The fourth-order valence-electron chi connectivity index (χ4n) is 1.70. The van der Waals surface area contributed by atoms with Gasteiger partial charge in [0.25, 0.3) is 5.91 Å². The first-order valence-corrected chi connectivity index (χ1v) is 6.27. The van der Waals surface area contributed by atoms with Gasteiger partial charge in [0.15, 0.2) is 11.5 Å². The summed E-state index contributed by atoms with van der Waals surface area (Å²) in [6.45, 7) is 3.66. The number of nitrogens with zero attached hydrogens (tertiary/aromatic N) is 1. The number of carbonyl (C=O) groups excluding carboxylic acids is 2. The van der Waals surface area contributed by atoms with E-state index in [1.54, 1.807) is 0 Å². The highest BCUT2D eigenvalue weighted by molar-refractivity contribution is 5.96. The molecule has 1 aromatic carbocycles. The summed E-state index contributed by atoms with van der Waals surface area (Å²) in [6.07, 6.45) is 0. The second-order valence-electron chi connectivity index (χ2n) is 4.77. The molecule has 0 aliphatic heterocycles. The zero-order chi connectivity index (χ0) is 15.3. The summed E-state index contributed by atoms with van der Waals surface area (Å²) in [6, 6.07) is 4.39. The Kier molecular flexibility index (Phi) is 5.37. The molecule has 0 spiro atoms. The first kappa shape index (κ1) is 15.8. The van der Waals surface area contributed by atoms with Gasteiger partial charge in [-0.3, -0.25) is 9.59 Å². The van der Waals surface area contributed by atoms with Crippen molar-refractivity contribution in [3.05, 3.63) is 23.8 Å². The molecule has 20 heavy (non-hydrogen) atoms. The van der Waals surface area contributed by atoms with Gasteiger partial charge < -0.3 is 20.1 Å². The number of hydrogen-bond donors (Lipinski definition) is 2. The largest absolute Gasteiger partial charge is 0.504 e. The lowest BCUT2D eigenvalue weighted by Gasteiger charge is -2.18. The average Bonchev–Trinajstić information content (AvgIpc) is 2.36. The van der Waals surface area contributed by atoms with Crippen molar-refractivity contribution in [3.63, 3.8) is 0 Å². The first-order chi connectivity index (χ1) is 9.35. The van der Waals surface area contributed by atoms with Crippen molar-refractivity contribution in [2.75, 3.05) is 20.7 Å². The average molecular weight is 280 g/mol. The van der Waals surface area contributed by atoms with Crippen LogP contribution in [0.5, 0.6) is 11.5 Å². The predicted molar refractivity (Wildman–Crippen MR) is 74.9 cm³/mol. The van der Waals surface area contributed by atoms with E-state index in [-0.39, 0.29) is 30.2 Å². The predicted octanol–water partition coefficient (Wildman–Crippen LogP) is 0.997. The Morgan fingerprint density at radius 2 is 2.05 bits per heavy atom. The monoisotopic (exact) mass is 280 g/mol. The van der Waals surface area contributed by atoms with Gasteiger partial charge in [0.2, 0.25) is 5.91 Å². The lowest BCUT2D eigenvalue weighted by molar-refractivity contribution is -0.122. The molecule has 0 radical (unpaired) electrons. The third-order valence-electron chi connectivity index (χ3n) is 2.60. The van der Waals surface area contributed by atoms with Crippen LogP contribution in [0.15, 0.2) is 18.2 Å². The van der Waals surface area contributed by atoms with E-state index in [1.807, 2.05) is 13.8 Å². The van der Waals surface area contributed by atoms with Gasteiger partial charge in [-0.05, 0) is 32.0 Å². The number of amides is 2. The van der Waals surface area contributed by atoms with E-state index in [2.05, 4.69) is 5.32 Å². The van der Waals surface area contributed by atoms with Crippen LogP contribution < -0.4 is 10.1 Å². The van der Waals surface area contributed by atoms with E-state index in [9.17, 15) is 14.7 Å². The SMILES string of the molecule is COc1ccc(C(=O)N(C)CC(=O)NC(C)C)cc1O. The molecule has 6 nitrogen and oxygen atoms in total. The summed E-state index contributed by atoms with van der Waals surface area (Å²) in [4.78, 5) is 25.0. The molecule has 0 aliphatic rings. The van der Waals surface area contributed by atoms with Gasteiger partial charge in [-0.25, -0.2) is 0 Å². The molecule has 0 saturated carbocycles. The van der Waals surface area contributed by atoms with Crippen molar-refractivity contribution in [2.45, 2.75) is 19.9 Å². The third-order valence-corrected chi connectivity index (χ3v) is 2.60. The molecule has 0 aromatic heterocycles. The number of rotatable bonds is 5. The van der Waals surface area contributed by atoms with E-state index >= 15 is 0 Å². The molecule has 6 heteroatoms. The van der Waals surface area contributed by atoms with E-state index in [1.165, 1.54) is 37.3 Å². The molecule has 0 heterocycles. The normalized spacial score (nSPS) is 10.2. The Labute approximate surface area is 118 Å². The highest BCUT2D eigenvalue weighted by Gasteiger charge is 2.16. The Morgan fingerprint density at radius 3 is 2.55 bits per heavy atom. The van der Waals surface area contributed by atoms with Gasteiger partial charge in [-0.1, -0.05) is 0 Å². The highest BCUT2D eigenvalue weighted by atomic mass is 16.5. The van der Waals surface area contributed by atoms with Gasteiger partial charge in [-0.2, -0.15) is 0 Å². The summed E-state index contributed by atoms with van der Waals surface area (Å²) in [5.41, 5.74) is 0.295. The molecule has 0 atom stereocenters. The number of benzene rings is 1. The maximum atomic E-state index is 12.1. The molecule has 0 bridgehead atoms. The van der Waals surface area contributed by atoms with Crippen molar-refractivity contribution in [2.24, 2.45) is 0 Å². The molecule has 0 unspecified atom stereocenters. The molecule has 0 aliphatic carbocycles. The zero-order valence-corrected chi connectivity index (χ0v) is 12.1. The Balaban J connectivity index is 2.74. The molecule has 2 amide bonds. The molecule has 0 fully saturated rings. The van der Waals surface area contributed by atoms with Crippen molar-refractivity contribution >= 4 is 11.8 Å². The quantitative estimate of drug-likeness (QED) is 0.843. The summed E-state index contributed by atoms with van der Waals surface area (Å²) >= 11 is 0. The van der Waals surface area contributed by atoms with E-state index in [4.69, 9.17) is 4.74 Å². The Hall–Kier alpha value is -2.24. The van der Waals surface area contributed by atoms with Gasteiger partial charge in [0.1, 0.15) is 0 Å². The lowest BCUT2D eigenvalue weighted by atomic mass is 10.2. The topological polar surface area (TPSA) is 78.9 Å². The smallest absolute Gasteiger partial charge is 0.254 e. The highest BCUT2D eigenvalue weighted by Crippen LogP contribution is 2.26. The Morgan fingerprint density at radius 1 is 1.40 bits per heavy atom. The maximum absolute atomic E-state index is 12.1. The zero-order valence-electron chi connectivity index (χ0n) is 12.1. The fraction of sp³-hybridized carbons (Fsp3) is 0.429. The minimum atomic E-state index is -0.346. The maximum Gasteiger partial charge on any atom is 0.254 e. The minimum absolute atomic E-state index is 0.0241. The second kappa shape index (κ2) is 6.79. The van der Waals surface area contributed by atoms with Gasteiger partial charge in [0, 0.05) is 18.7 Å². The number of methoxy groups -OCH3 is 1. The molecule has 2 N–H and O–H groups in total. The molecular weight excluding hydrogens is 260 g/mol. The van der Waals surface area contributed by atoms with Gasteiger partial charge >= 0.3 is 0 Å². The van der Waals surface area contributed by atoms with Crippen LogP contribution in [-0.4, -0.2) is 48.6 Å². The number of carbonyl (C=O) groups is 2.